The molecule has 0 amide bonds. The van der Waals surface area contributed by atoms with Crippen molar-refractivity contribution in [3.8, 4) is 11.4 Å². The number of hydrogen-bond acceptors (Lipinski definition) is 6. The Hall–Kier alpha value is -2.73. The maximum atomic E-state index is 4.81. The van der Waals surface area contributed by atoms with Gasteiger partial charge in [0.25, 0.3) is 0 Å². The second-order valence-electron chi connectivity index (χ2n) is 7.09. The third-order valence-corrected chi connectivity index (χ3v) is 5.20. The largest absolute Gasteiger partial charge is 0.304 e. The van der Waals surface area contributed by atoms with Crippen molar-refractivity contribution in [2.45, 2.75) is 52.6 Å². The second-order valence-corrected chi connectivity index (χ2v) is 7.09. The Balaban J connectivity index is 1.54. The van der Waals surface area contributed by atoms with Crippen LogP contribution < -0.4 is 5.32 Å². The molecule has 0 unspecified atom stereocenters. The summed E-state index contributed by atoms with van der Waals surface area (Å²) in [6, 6.07) is 4.16. The molecule has 4 rings (SSSR count). The van der Waals surface area contributed by atoms with Gasteiger partial charge in [0.05, 0.1) is 22.8 Å². The number of aromatic nitrogens is 5. The molecule has 3 heterocycles. The second kappa shape index (κ2) is 7.48. The summed E-state index contributed by atoms with van der Waals surface area (Å²) in [6.07, 6.45) is 8.73. The van der Waals surface area contributed by atoms with E-state index >= 15 is 0 Å². The first kappa shape index (κ1) is 17.7. The minimum absolute atomic E-state index is 0.250. The van der Waals surface area contributed by atoms with Crippen molar-refractivity contribution in [1.82, 2.24) is 30.2 Å². The normalized spacial score (nSPS) is 16.2. The smallest absolute Gasteiger partial charge is 0.160 e. The summed E-state index contributed by atoms with van der Waals surface area (Å²) in [7, 11) is 0. The predicted octanol–water partition coefficient (Wildman–Crippen LogP) is 3.42. The van der Waals surface area contributed by atoms with Crippen molar-refractivity contribution >= 4 is 0 Å². The minimum atomic E-state index is 0.250. The van der Waals surface area contributed by atoms with Crippen molar-refractivity contribution in [3.05, 3.63) is 64.8 Å². The molecule has 3 aromatic rings. The van der Waals surface area contributed by atoms with Crippen molar-refractivity contribution in [2.24, 2.45) is 0 Å². The van der Waals surface area contributed by atoms with Gasteiger partial charge in [0, 0.05) is 48.0 Å². The Labute approximate surface area is 159 Å². The first-order valence-corrected chi connectivity index (χ1v) is 9.42. The molecule has 138 valence electrons. The van der Waals surface area contributed by atoms with Crippen molar-refractivity contribution < 1.29 is 0 Å². The molecule has 0 bridgehead atoms. The molecule has 0 spiro atoms. The quantitative estimate of drug-likeness (QED) is 0.768. The van der Waals surface area contributed by atoms with Crippen molar-refractivity contribution in [3.63, 3.8) is 0 Å². The molecule has 0 saturated heterocycles. The van der Waals surface area contributed by atoms with Crippen LogP contribution in [0.5, 0.6) is 0 Å². The SMILES string of the molecule is Cc1nc(C)c(CN[C@@H]2CCCc3nc(-c4cccnc4)ncc32)nc1C. The summed E-state index contributed by atoms with van der Waals surface area (Å²) in [6.45, 7) is 6.74. The van der Waals surface area contributed by atoms with Crippen molar-refractivity contribution in [1.29, 1.82) is 0 Å². The Morgan fingerprint density at radius 2 is 1.89 bits per heavy atom. The number of fused-ring (bicyclic) bond motifs is 1. The van der Waals surface area contributed by atoms with Gasteiger partial charge in [-0.15, -0.1) is 0 Å². The summed E-state index contributed by atoms with van der Waals surface area (Å²) in [5, 5.41) is 3.65. The van der Waals surface area contributed by atoms with Crippen LogP contribution in [0.2, 0.25) is 0 Å². The molecule has 0 radical (unpaired) electrons. The Morgan fingerprint density at radius 3 is 2.70 bits per heavy atom. The van der Waals surface area contributed by atoms with Crippen LogP contribution in [0.15, 0.2) is 30.7 Å². The lowest BCUT2D eigenvalue weighted by Gasteiger charge is -2.26. The molecule has 6 heteroatoms. The maximum absolute atomic E-state index is 4.81. The van der Waals surface area contributed by atoms with E-state index in [1.807, 2.05) is 45.3 Å². The summed E-state index contributed by atoms with van der Waals surface area (Å²) in [5.74, 6) is 0.748. The zero-order valence-electron chi connectivity index (χ0n) is 16.0. The van der Waals surface area contributed by atoms with Crippen LogP contribution in [-0.4, -0.2) is 24.9 Å². The van der Waals surface area contributed by atoms with E-state index in [0.717, 1.165) is 59.1 Å². The lowest BCUT2D eigenvalue weighted by molar-refractivity contribution is 0.448. The van der Waals surface area contributed by atoms with E-state index < -0.39 is 0 Å². The minimum Gasteiger partial charge on any atom is -0.304 e. The van der Waals surface area contributed by atoms with Gasteiger partial charge in [-0.1, -0.05) is 0 Å². The summed E-state index contributed by atoms with van der Waals surface area (Å²) in [5.41, 5.74) is 7.28. The lowest BCUT2D eigenvalue weighted by Crippen LogP contribution is -2.27. The van der Waals surface area contributed by atoms with Crippen LogP contribution in [0.4, 0.5) is 0 Å². The number of pyridine rings is 1. The third kappa shape index (κ3) is 3.71. The van der Waals surface area contributed by atoms with Gasteiger partial charge in [-0.25, -0.2) is 9.97 Å². The number of nitrogens with zero attached hydrogens (tertiary/aromatic N) is 5. The van der Waals surface area contributed by atoms with Crippen LogP contribution in [0.1, 0.15) is 52.9 Å². The first-order valence-electron chi connectivity index (χ1n) is 9.42. The van der Waals surface area contributed by atoms with E-state index in [-0.39, 0.29) is 6.04 Å². The fourth-order valence-electron chi connectivity index (χ4n) is 3.54. The number of hydrogen-bond donors (Lipinski definition) is 1. The van der Waals surface area contributed by atoms with Crippen LogP contribution >= 0.6 is 0 Å². The zero-order valence-corrected chi connectivity index (χ0v) is 16.0. The van der Waals surface area contributed by atoms with Gasteiger partial charge in [-0.05, 0) is 52.2 Å². The number of aryl methyl sites for hydroxylation is 4. The average molecular weight is 360 g/mol. The van der Waals surface area contributed by atoms with E-state index in [1.54, 1.807) is 6.20 Å². The molecule has 1 atom stereocenters. The monoisotopic (exact) mass is 360 g/mol. The number of nitrogens with one attached hydrogen (secondary N) is 1. The predicted molar refractivity (Wildman–Crippen MR) is 104 cm³/mol. The van der Waals surface area contributed by atoms with Crippen LogP contribution in [0.3, 0.4) is 0 Å². The Kier molecular flexibility index (Phi) is 4.90. The van der Waals surface area contributed by atoms with Gasteiger partial charge < -0.3 is 5.32 Å². The lowest BCUT2D eigenvalue weighted by atomic mass is 9.92. The summed E-state index contributed by atoms with van der Waals surface area (Å²) >= 11 is 0. The van der Waals surface area contributed by atoms with E-state index in [9.17, 15) is 0 Å². The molecule has 1 N–H and O–H groups in total. The standard InChI is InChI=1S/C21H24N6/c1-13-14(2)26-20(15(3)25-13)12-23-18-7-4-8-19-17(18)11-24-21(27-19)16-6-5-9-22-10-16/h5-6,9-11,18,23H,4,7-8,12H2,1-3H3/t18-/m1/s1. The van der Waals surface area contributed by atoms with E-state index in [0.29, 0.717) is 6.54 Å². The van der Waals surface area contributed by atoms with Gasteiger partial charge in [0.15, 0.2) is 5.82 Å². The molecule has 0 aliphatic heterocycles. The summed E-state index contributed by atoms with van der Waals surface area (Å²) < 4.78 is 0. The van der Waals surface area contributed by atoms with Crippen LogP contribution in [-0.2, 0) is 13.0 Å². The molecule has 1 aliphatic carbocycles. The summed E-state index contributed by atoms with van der Waals surface area (Å²) in [4.78, 5) is 22.9. The molecule has 0 saturated carbocycles. The van der Waals surface area contributed by atoms with Gasteiger partial charge in [0.2, 0.25) is 0 Å². The highest BCUT2D eigenvalue weighted by molar-refractivity contribution is 5.53. The molecule has 6 nitrogen and oxygen atoms in total. The molecule has 0 fully saturated rings. The van der Waals surface area contributed by atoms with Gasteiger partial charge in [-0.2, -0.15) is 0 Å². The molecule has 1 aliphatic rings. The van der Waals surface area contributed by atoms with E-state index in [2.05, 4.69) is 20.3 Å². The Morgan fingerprint density at radius 1 is 1.04 bits per heavy atom. The molecule has 0 aromatic carbocycles. The highest BCUT2D eigenvalue weighted by Crippen LogP contribution is 2.29. The fraction of sp³-hybridized carbons (Fsp3) is 0.381. The van der Waals surface area contributed by atoms with Gasteiger partial charge in [0.1, 0.15) is 0 Å². The van der Waals surface area contributed by atoms with Gasteiger partial charge >= 0.3 is 0 Å². The average Bonchev–Trinajstić information content (AvgIpc) is 2.70. The van der Waals surface area contributed by atoms with Crippen molar-refractivity contribution in [2.75, 3.05) is 0 Å². The zero-order chi connectivity index (χ0) is 18.8. The Bertz CT molecular complexity index is 954. The molecular formula is C21H24N6. The first-order chi connectivity index (χ1) is 13.1. The highest BCUT2D eigenvalue weighted by Gasteiger charge is 2.22. The van der Waals surface area contributed by atoms with E-state index in [1.165, 1.54) is 5.56 Å². The highest BCUT2D eigenvalue weighted by atomic mass is 15.0. The number of rotatable bonds is 4. The molecule has 3 aromatic heterocycles. The maximum Gasteiger partial charge on any atom is 0.160 e. The molecule has 27 heavy (non-hydrogen) atoms. The topological polar surface area (TPSA) is 76.5 Å². The van der Waals surface area contributed by atoms with Crippen LogP contribution in [0, 0.1) is 20.8 Å². The van der Waals surface area contributed by atoms with E-state index in [4.69, 9.17) is 9.97 Å². The third-order valence-electron chi connectivity index (χ3n) is 5.20. The van der Waals surface area contributed by atoms with Crippen LogP contribution in [0.25, 0.3) is 11.4 Å². The van der Waals surface area contributed by atoms with Gasteiger partial charge in [-0.3, -0.25) is 15.0 Å². The molecular weight excluding hydrogens is 336 g/mol. The fourth-order valence-corrected chi connectivity index (χ4v) is 3.54.